The highest BCUT2D eigenvalue weighted by molar-refractivity contribution is 5.68. The molecule has 1 aliphatic heterocycles. The summed E-state index contributed by atoms with van der Waals surface area (Å²) in [5.41, 5.74) is 9.48. The van der Waals surface area contributed by atoms with E-state index in [-0.39, 0.29) is 13.2 Å². The summed E-state index contributed by atoms with van der Waals surface area (Å²) in [6.07, 6.45) is -5.72. The summed E-state index contributed by atoms with van der Waals surface area (Å²) in [4.78, 5) is 37.7. The average molecular weight is 421 g/mol. The van der Waals surface area contributed by atoms with Gasteiger partial charge in [-0.05, 0) is 11.1 Å². The minimum atomic E-state index is -1.35. The first-order valence-corrected chi connectivity index (χ1v) is 9.15. The number of esters is 3. The van der Waals surface area contributed by atoms with Gasteiger partial charge in [0.1, 0.15) is 12.2 Å². The number of hydrogen-bond acceptors (Lipinski definition) is 9. The third-order valence-corrected chi connectivity index (χ3v) is 4.09. The van der Waals surface area contributed by atoms with Crippen LogP contribution in [0.25, 0.3) is 10.4 Å². The molecule has 1 aromatic rings. The van der Waals surface area contributed by atoms with Crippen LogP contribution in [0.15, 0.2) is 35.4 Å². The SMILES string of the molecule is CC(=O)OC1O[C@@H](CN=[N+]=[N-])[C@@H](OC(C)=O)[C@H](OCc2ccccc2)[C@H]1OC(C)=O. The van der Waals surface area contributed by atoms with Crippen molar-refractivity contribution in [1.29, 1.82) is 0 Å². The van der Waals surface area contributed by atoms with Crippen molar-refractivity contribution in [2.45, 2.75) is 58.1 Å². The molecular formula is C19H23N3O8. The van der Waals surface area contributed by atoms with Crippen LogP contribution in [0.2, 0.25) is 0 Å². The predicted octanol–water partition coefficient (Wildman–Crippen LogP) is 2.03. The molecule has 0 bridgehead atoms. The maximum absolute atomic E-state index is 11.7. The predicted molar refractivity (Wildman–Crippen MR) is 101 cm³/mol. The Balaban J connectivity index is 2.39. The minimum Gasteiger partial charge on any atom is -0.457 e. The van der Waals surface area contributed by atoms with Gasteiger partial charge in [0.2, 0.25) is 6.29 Å². The molecule has 0 saturated carbocycles. The number of carbonyl (C=O) groups is 3. The molecule has 11 heteroatoms. The zero-order valence-electron chi connectivity index (χ0n) is 16.8. The van der Waals surface area contributed by atoms with Crippen molar-refractivity contribution >= 4 is 17.9 Å². The van der Waals surface area contributed by atoms with Gasteiger partial charge in [-0.25, -0.2) is 0 Å². The molecule has 0 N–H and O–H groups in total. The first-order valence-electron chi connectivity index (χ1n) is 9.15. The zero-order valence-corrected chi connectivity index (χ0v) is 16.8. The maximum Gasteiger partial charge on any atom is 0.305 e. The van der Waals surface area contributed by atoms with E-state index in [4.69, 9.17) is 29.2 Å². The van der Waals surface area contributed by atoms with E-state index >= 15 is 0 Å². The van der Waals surface area contributed by atoms with Crippen molar-refractivity contribution in [1.82, 2.24) is 0 Å². The average Bonchev–Trinajstić information content (AvgIpc) is 2.68. The molecule has 162 valence electrons. The van der Waals surface area contributed by atoms with Crippen LogP contribution >= 0.6 is 0 Å². The highest BCUT2D eigenvalue weighted by Crippen LogP contribution is 2.30. The molecule has 0 aliphatic carbocycles. The van der Waals surface area contributed by atoms with E-state index in [2.05, 4.69) is 10.0 Å². The number of azide groups is 1. The van der Waals surface area contributed by atoms with Crippen LogP contribution < -0.4 is 0 Å². The topological polar surface area (TPSA) is 146 Å². The number of carbonyl (C=O) groups excluding carboxylic acids is 3. The summed E-state index contributed by atoms with van der Waals surface area (Å²) in [6, 6.07) is 9.13. The standard InChI is InChI=1S/C19H23N3O8/c1-11(23)27-16-15(9-21-22-20)30-19(29-13(3)25)18(28-12(2)24)17(16)26-10-14-7-5-4-6-8-14/h4-8,15-19H,9-10H2,1-3H3/t15-,16+,17-,18+,19?/m0/s1. The summed E-state index contributed by atoms with van der Waals surface area (Å²) < 4.78 is 27.5. The molecular weight excluding hydrogens is 398 g/mol. The quantitative estimate of drug-likeness (QED) is 0.204. The molecule has 5 atom stereocenters. The largest absolute Gasteiger partial charge is 0.457 e. The fourth-order valence-electron chi connectivity index (χ4n) is 3.01. The Labute approximate surface area is 172 Å². The van der Waals surface area contributed by atoms with E-state index in [0.717, 1.165) is 12.5 Å². The lowest BCUT2D eigenvalue weighted by Gasteiger charge is -2.44. The molecule has 1 aliphatic rings. The molecule has 1 aromatic carbocycles. The van der Waals surface area contributed by atoms with E-state index in [9.17, 15) is 14.4 Å². The molecule has 0 amide bonds. The highest BCUT2D eigenvalue weighted by atomic mass is 16.7. The van der Waals surface area contributed by atoms with Crippen LogP contribution in [0.3, 0.4) is 0 Å². The van der Waals surface area contributed by atoms with Gasteiger partial charge in [-0.2, -0.15) is 0 Å². The summed E-state index contributed by atoms with van der Waals surface area (Å²) in [7, 11) is 0. The van der Waals surface area contributed by atoms with Crippen molar-refractivity contribution in [3.63, 3.8) is 0 Å². The van der Waals surface area contributed by atoms with E-state index in [0.29, 0.717) is 0 Å². The Morgan fingerprint density at radius 3 is 2.13 bits per heavy atom. The lowest BCUT2D eigenvalue weighted by Crippen LogP contribution is -2.62. The van der Waals surface area contributed by atoms with Crippen molar-refractivity contribution < 1.29 is 38.1 Å². The molecule has 1 saturated heterocycles. The normalized spacial score (nSPS) is 25.5. The Hall–Kier alpha value is -3.14. The van der Waals surface area contributed by atoms with Crippen molar-refractivity contribution in [2.75, 3.05) is 6.54 Å². The van der Waals surface area contributed by atoms with Gasteiger partial charge in [-0.15, -0.1) is 0 Å². The molecule has 1 heterocycles. The Kier molecular flexibility index (Phi) is 8.60. The van der Waals surface area contributed by atoms with Crippen LogP contribution in [0.4, 0.5) is 0 Å². The monoisotopic (exact) mass is 421 g/mol. The minimum absolute atomic E-state index is 0.0854. The van der Waals surface area contributed by atoms with E-state index in [1.165, 1.54) is 13.8 Å². The maximum atomic E-state index is 11.7. The van der Waals surface area contributed by atoms with E-state index in [1.54, 1.807) is 0 Å². The van der Waals surface area contributed by atoms with Crippen LogP contribution in [-0.2, 0) is 44.7 Å². The molecule has 1 unspecified atom stereocenters. The van der Waals surface area contributed by atoms with Gasteiger partial charge in [0.25, 0.3) is 0 Å². The smallest absolute Gasteiger partial charge is 0.305 e. The van der Waals surface area contributed by atoms with Gasteiger partial charge in [0.15, 0.2) is 12.2 Å². The molecule has 0 spiro atoms. The first-order chi connectivity index (χ1) is 14.3. The Morgan fingerprint density at radius 2 is 1.57 bits per heavy atom. The number of rotatable bonds is 8. The van der Waals surface area contributed by atoms with Crippen LogP contribution in [0, 0.1) is 0 Å². The van der Waals surface area contributed by atoms with Gasteiger partial charge < -0.3 is 23.7 Å². The number of benzene rings is 1. The molecule has 1 fully saturated rings. The lowest BCUT2D eigenvalue weighted by molar-refractivity contribution is -0.299. The summed E-state index contributed by atoms with van der Waals surface area (Å²) in [6.45, 7) is 3.38. The third-order valence-electron chi connectivity index (χ3n) is 4.09. The molecule has 2 rings (SSSR count). The molecule has 30 heavy (non-hydrogen) atoms. The van der Waals surface area contributed by atoms with Gasteiger partial charge >= 0.3 is 17.9 Å². The van der Waals surface area contributed by atoms with Crippen molar-refractivity contribution in [2.24, 2.45) is 5.11 Å². The molecule has 0 aromatic heterocycles. The number of ether oxygens (including phenoxy) is 5. The van der Waals surface area contributed by atoms with E-state index in [1.807, 2.05) is 30.3 Å². The molecule has 11 nitrogen and oxygen atoms in total. The molecule has 0 radical (unpaired) electrons. The summed E-state index contributed by atoms with van der Waals surface area (Å²) in [5, 5.41) is 3.47. The first kappa shape index (κ1) is 23.1. The van der Waals surface area contributed by atoms with Crippen molar-refractivity contribution in [3.8, 4) is 0 Å². The van der Waals surface area contributed by atoms with Gasteiger partial charge in [-0.3, -0.25) is 14.4 Å². The summed E-state index contributed by atoms with van der Waals surface area (Å²) >= 11 is 0. The number of nitrogens with zero attached hydrogens (tertiary/aromatic N) is 3. The highest BCUT2D eigenvalue weighted by Gasteiger charge is 2.51. The Morgan fingerprint density at radius 1 is 0.967 bits per heavy atom. The van der Waals surface area contributed by atoms with Crippen molar-refractivity contribution in [3.05, 3.63) is 46.3 Å². The summed E-state index contributed by atoms with van der Waals surface area (Å²) in [5.74, 6) is -2.01. The van der Waals surface area contributed by atoms with E-state index < -0.39 is 48.6 Å². The van der Waals surface area contributed by atoms with Crippen LogP contribution in [0.1, 0.15) is 26.3 Å². The van der Waals surface area contributed by atoms with Gasteiger partial charge in [-0.1, -0.05) is 35.4 Å². The third kappa shape index (κ3) is 6.73. The second-order valence-electron chi connectivity index (χ2n) is 6.48. The van der Waals surface area contributed by atoms with Crippen LogP contribution in [-0.4, -0.2) is 55.2 Å². The van der Waals surface area contributed by atoms with Gasteiger partial charge in [0, 0.05) is 25.7 Å². The van der Waals surface area contributed by atoms with Gasteiger partial charge in [0.05, 0.1) is 13.2 Å². The fraction of sp³-hybridized carbons (Fsp3) is 0.526. The van der Waals surface area contributed by atoms with Crippen LogP contribution in [0.5, 0.6) is 0 Å². The Bertz CT molecular complexity index is 766. The fourth-order valence-corrected chi connectivity index (χ4v) is 3.01. The second kappa shape index (κ2) is 11.1. The zero-order chi connectivity index (χ0) is 22.1. The number of hydrogen-bond donors (Lipinski definition) is 0. The lowest BCUT2D eigenvalue weighted by atomic mass is 9.97. The second-order valence-corrected chi connectivity index (χ2v) is 6.48.